The number of carbonyl (C=O) groups is 2. The molecule has 0 radical (unpaired) electrons. The fraction of sp³-hybridized carbons (Fsp3) is 0.360. The zero-order valence-corrected chi connectivity index (χ0v) is 19.7. The van der Waals surface area contributed by atoms with Crippen molar-refractivity contribution in [3.63, 3.8) is 0 Å². The lowest BCUT2D eigenvalue weighted by Gasteiger charge is -2.12. The van der Waals surface area contributed by atoms with Crippen molar-refractivity contribution in [1.82, 2.24) is 5.32 Å². The molecule has 0 saturated heterocycles. The van der Waals surface area contributed by atoms with Crippen molar-refractivity contribution in [2.45, 2.75) is 32.1 Å². The second-order valence-corrected chi connectivity index (χ2v) is 8.11. The number of thioether (sulfide) groups is 1. The summed E-state index contributed by atoms with van der Waals surface area (Å²) in [5.74, 6) is 1.12. The summed E-state index contributed by atoms with van der Waals surface area (Å²) in [7, 11) is 0. The van der Waals surface area contributed by atoms with Crippen molar-refractivity contribution in [2.75, 3.05) is 32.1 Å². The summed E-state index contributed by atoms with van der Waals surface area (Å²) >= 11 is 1.66. The number of esters is 1. The van der Waals surface area contributed by atoms with Crippen LogP contribution < -0.4 is 14.8 Å². The zero-order chi connectivity index (χ0) is 23.2. The van der Waals surface area contributed by atoms with Crippen LogP contribution in [-0.2, 0) is 14.3 Å². The monoisotopic (exact) mass is 457 g/mol. The molecule has 7 heteroatoms. The largest absolute Gasteiger partial charge is 0.490 e. The van der Waals surface area contributed by atoms with Gasteiger partial charge < -0.3 is 19.5 Å². The maximum atomic E-state index is 11.9. The van der Waals surface area contributed by atoms with E-state index in [1.165, 1.54) is 11.6 Å². The standard InChI is InChI=1S/C25H31NO5S/c1-4-15-30-22-12-8-20(17-23(22)29-5-2)9-13-25(28)31-18-24(27)26-14-16-32-21-10-6-19(3)7-11-21/h6-13,17H,4-5,14-16,18H2,1-3H3,(H,26,27)/b13-9+. The Labute approximate surface area is 194 Å². The van der Waals surface area contributed by atoms with E-state index in [9.17, 15) is 9.59 Å². The molecule has 1 amide bonds. The summed E-state index contributed by atoms with van der Waals surface area (Å²) in [6, 6.07) is 13.7. The van der Waals surface area contributed by atoms with Gasteiger partial charge in [-0.3, -0.25) is 4.79 Å². The molecule has 0 aliphatic rings. The van der Waals surface area contributed by atoms with Gasteiger partial charge in [0.1, 0.15) is 0 Å². The Kier molecular flexibility index (Phi) is 11.2. The van der Waals surface area contributed by atoms with Crippen LogP contribution in [0.25, 0.3) is 6.08 Å². The Morgan fingerprint density at radius 2 is 1.81 bits per heavy atom. The van der Waals surface area contributed by atoms with E-state index < -0.39 is 5.97 Å². The fourth-order valence-corrected chi connectivity index (χ4v) is 3.39. The first kappa shape index (κ1) is 25.3. The van der Waals surface area contributed by atoms with Gasteiger partial charge in [0.15, 0.2) is 18.1 Å². The minimum absolute atomic E-state index is 0.313. The molecule has 0 spiro atoms. The van der Waals surface area contributed by atoms with Crippen LogP contribution in [0.15, 0.2) is 53.4 Å². The number of rotatable bonds is 13. The lowest BCUT2D eigenvalue weighted by Crippen LogP contribution is -2.30. The van der Waals surface area contributed by atoms with Gasteiger partial charge in [0.05, 0.1) is 13.2 Å². The van der Waals surface area contributed by atoms with Crippen LogP contribution >= 0.6 is 11.8 Å². The average Bonchev–Trinajstić information content (AvgIpc) is 2.80. The molecular weight excluding hydrogens is 426 g/mol. The first-order chi connectivity index (χ1) is 15.5. The second kappa shape index (κ2) is 14.2. The molecule has 2 aromatic rings. The molecule has 0 aromatic heterocycles. The van der Waals surface area contributed by atoms with Crippen LogP contribution in [-0.4, -0.2) is 44.0 Å². The topological polar surface area (TPSA) is 73.9 Å². The highest BCUT2D eigenvalue weighted by Gasteiger charge is 2.07. The predicted molar refractivity (Wildman–Crippen MR) is 128 cm³/mol. The normalized spacial score (nSPS) is 10.7. The third-order valence-electron chi connectivity index (χ3n) is 4.20. The van der Waals surface area contributed by atoms with Crippen LogP contribution in [0.5, 0.6) is 11.5 Å². The number of aryl methyl sites for hydroxylation is 1. The molecule has 32 heavy (non-hydrogen) atoms. The van der Waals surface area contributed by atoms with E-state index in [0.29, 0.717) is 31.3 Å². The highest BCUT2D eigenvalue weighted by molar-refractivity contribution is 7.99. The third kappa shape index (κ3) is 9.47. The molecule has 0 unspecified atom stereocenters. The van der Waals surface area contributed by atoms with Gasteiger partial charge in [-0.2, -0.15) is 0 Å². The van der Waals surface area contributed by atoms with E-state index in [4.69, 9.17) is 14.2 Å². The van der Waals surface area contributed by atoms with Crippen molar-refractivity contribution < 1.29 is 23.8 Å². The van der Waals surface area contributed by atoms with Crippen molar-refractivity contribution in [2.24, 2.45) is 0 Å². The van der Waals surface area contributed by atoms with Crippen LogP contribution in [0.4, 0.5) is 0 Å². The highest BCUT2D eigenvalue weighted by Crippen LogP contribution is 2.29. The molecule has 0 saturated carbocycles. The van der Waals surface area contributed by atoms with Crippen molar-refractivity contribution >= 4 is 29.7 Å². The summed E-state index contributed by atoms with van der Waals surface area (Å²) in [4.78, 5) is 25.0. The SMILES string of the molecule is CCCOc1ccc(/C=C/C(=O)OCC(=O)NCCSc2ccc(C)cc2)cc1OCC. The van der Waals surface area contributed by atoms with Crippen molar-refractivity contribution in [3.05, 3.63) is 59.7 Å². The summed E-state index contributed by atoms with van der Waals surface area (Å²) in [5.41, 5.74) is 1.98. The Morgan fingerprint density at radius 3 is 2.53 bits per heavy atom. The molecule has 172 valence electrons. The number of ether oxygens (including phenoxy) is 3. The molecule has 0 aliphatic carbocycles. The Balaban J connectivity index is 1.72. The lowest BCUT2D eigenvalue weighted by molar-refractivity contribution is -0.143. The molecule has 0 fully saturated rings. The van der Waals surface area contributed by atoms with Crippen LogP contribution in [0.1, 0.15) is 31.4 Å². The Bertz CT molecular complexity index is 896. The van der Waals surface area contributed by atoms with E-state index in [2.05, 4.69) is 29.6 Å². The molecule has 2 aromatic carbocycles. The molecule has 0 atom stereocenters. The highest BCUT2D eigenvalue weighted by atomic mass is 32.2. The summed E-state index contributed by atoms with van der Waals surface area (Å²) < 4.78 is 16.3. The number of amides is 1. The van der Waals surface area contributed by atoms with Gasteiger partial charge in [-0.05, 0) is 56.2 Å². The maximum Gasteiger partial charge on any atom is 0.331 e. The van der Waals surface area contributed by atoms with Gasteiger partial charge >= 0.3 is 5.97 Å². The second-order valence-electron chi connectivity index (χ2n) is 6.94. The average molecular weight is 458 g/mol. The fourth-order valence-electron chi connectivity index (χ4n) is 2.62. The van der Waals surface area contributed by atoms with Gasteiger partial charge in [0, 0.05) is 23.3 Å². The van der Waals surface area contributed by atoms with Gasteiger partial charge in [-0.25, -0.2) is 4.79 Å². The van der Waals surface area contributed by atoms with Crippen molar-refractivity contribution in [1.29, 1.82) is 0 Å². The first-order valence-corrected chi connectivity index (χ1v) is 11.7. The Hall–Kier alpha value is -2.93. The molecule has 0 bridgehead atoms. The van der Waals surface area contributed by atoms with E-state index in [1.54, 1.807) is 23.9 Å². The van der Waals surface area contributed by atoms with Gasteiger partial charge in [0.2, 0.25) is 0 Å². The summed E-state index contributed by atoms with van der Waals surface area (Å²) in [6.45, 7) is 7.28. The number of benzene rings is 2. The minimum Gasteiger partial charge on any atom is -0.490 e. The smallest absolute Gasteiger partial charge is 0.331 e. The first-order valence-electron chi connectivity index (χ1n) is 10.7. The van der Waals surface area contributed by atoms with Crippen LogP contribution in [0.3, 0.4) is 0 Å². The zero-order valence-electron chi connectivity index (χ0n) is 18.9. The molecule has 6 nitrogen and oxygen atoms in total. The van der Waals surface area contributed by atoms with Gasteiger partial charge in [0.25, 0.3) is 5.91 Å². The third-order valence-corrected chi connectivity index (χ3v) is 5.21. The van der Waals surface area contributed by atoms with Gasteiger partial charge in [-0.1, -0.05) is 30.7 Å². The van der Waals surface area contributed by atoms with Gasteiger partial charge in [-0.15, -0.1) is 11.8 Å². The minimum atomic E-state index is -0.585. The summed E-state index contributed by atoms with van der Waals surface area (Å²) in [5, 5.41) is 2.75. The van der Waals surface area contributed by atoms with E-state index >= 15 is 0 Å². The molecule has 0 heterocycles. The molecule has 0 aliphatic heterocycles. The Morgan fingerprint density at radius 1 is 1.03 bits per heavy atom. The molecule has 2 rings (SSSR count). The number of hydrogen-bond acceptors (Lipinski definition) is 6. The number of nitrogens with one attached hydrogen (secondary N) is 1. The predicted octanol–water partition coefficient (Wildman–Crippen LogP) is 4.65. The van der Waals surface area contributed by atoms with E-state index in [0.717, 1.165) is 22.6 Å². The van der Waals surface area contributed by atoms with Crippen molar-refractivity contribution in [3.8, 4) is 11.5 Å². The molecular formula is C25H31NO5S. The number of hydrogen-bond donors (Lipinski definition) is 1. The number of carbonyl (C=O) groups excluding carboxylic acids is 2. The maximum absolute atomic E-state index is 11.9. The van der Waals surface area contributed by atoms with E-state index in [-0.39, 0.29) is 12.5 Å². The van der Waals surface area contributed by atoms with Crippen LogP contribution in [0.2, 0.25) is 0 Å². The van der Waals surface area contributed by atoms with E-state index in [1.807, 2.05) is 32.9 Å². The lowest BCUT2D eigenvalue weighted by atomic mass is 10.2. The molecule has 1 N–H and O–H groups in total. The quantitative estimate of drug-likeness (QED) is 0.204. The van der Waals surface area contributed by atoms with Crippen LogP contribution in [0, 0.1) is 6.92 Å². The summed E-state index contributed by atoms with van der Waals surface area (Å²) in [6.07, 6.45) is 3.81.